The fourth-order valence-electron chi connectivity index (χ4n) is 2.28. The molecule has 2 N–H and O–H groups in total. The third-order valence-corrected chi connectivity index (χ3v) is 4.33. The number of aromatic nitrogens is 1. The van der Waals surface area contributed by atoms with Crippen molar-refractivity contribution in [3.05, 3.63) is 51.5 Å². The highest BCUT2D eigenvalue weighted by molar-refractivity contribution is 7.10. The Balaban J connectivity index is 2.05. The lowest BCUT2D eigenvalue weighted by molar-refractivity contribution is -0.141. The van der Waals surface area contributed by atoms with Crippen molar-refractivity contribution in [1.29, 1.82) is 0 Å². The Hall–Kier alpha value is -2.42. The van der Waals surface area contributed by atoms with Crippen molar-refractivity contribution in [1.82, 2.24) is 10.3 Å². The maximum absolute atomic E-state index is 12.8. The van der Waals surface area contributed by atoms with Crippen LogP contribution in [0.3, 0.4) is 0 Å². The average Bonchev–Trinajstić information content (AvgIpc) is 3.00. The van der Waals surface area contributed by atoms with Crippen LogP contribution in [0.25, 0.3) is 0 Å². The van der Waals surface area contributed by atoms with Crippen LogP contribution in [-0.2, 0) is 17.4 Å². The van der Waals surface area contributed by atoms with Gasteiger partial charge in [0.2, 0.25) is 0 Å². The van der Waals surface area contributed by atoms with E-state index in [1.54, 1.807) is 12.1 Å². The number of carbonyl (C=O) groups excluding carboxylic acids is 1. The standard InChI is InChI=1S/C16H15F3N2O3S/c1-9-3-2-4-10(5-9)6-11(15(23)24)7-20-14(22)12-13(16(17,18)19)25-8-21-12/h2-5,8,11H,6-7H2,1H3,(H,20,22)(H,23,24). The monoisotopic (exact) mass is 372 g/mol. The van der Waals surface area contributed by atoms with Gasteiger partial charge in [-0.05, 0) is 18.9 Å². The number of carboxylic acid groups (broad SMARTS) is 1. The number of aryl methyl sites for hydroxylation is 1. The Morgan fingerprint density at radius 3 is 2.68 bits per heavy atom. The fourth-order valence-corrected chi connectivity index (χ4v) is 2.93. The molecule has 1 atom stereocenters. The largest absolute Gasteiger partial charge is 0.481 e. The molecule has 0 radical (unpaired) electrons. The summed E-state index contributed by atoms with van der Waals surface area (Å²) in [4.78, 5) is 25.7. The van der Waals surface area contributed by atoms with Gasteiger partial charge in [-0.1, -0.05) is 29.8 Å². The van der Waals surface area contributed by atoms with Gasteiger partial charge in [0.1, 0.15) is 4.88 Å². The van der Waals surface area contributed by atoms with Crippen LogP contribution >= 0.6 is 11.3 Å². The minimum absolute atomic E-state index is 0.153. The number of hydrogen-bond acceptors (Lipinski definition) is 4. The first kappa shape index (κ1) is 18.9. The lowest BCUT2D eigenvalue weighted by atomic mass is 9.98. The lowest BCUT2D eigenvalue weighted by Crippen LogP contribution is -2.35. The average molecular weight is 372 g/mol. The smallest absolute Gasteiger partial charge is 0.427 e. The molecule has 0 saturated heterocycles. The molecule has 0 aliphatic carbocycles. The van der Waals surface area contributed by atoms with Gasteiger partial charge in [-0.25, -0.2) is 4.98 Å². The second-order valence-corrected chi connectivity index (χ2v) is 6.32. The van der Waals surface area contributed by atoms with Crippen LogP contribution in [0.2, 0.25) is 0 Å². The number of aliphatic carboxylic acids is 1. The van der Waals surface area contributed by atoms with Crippen molar-refractivity contribution >= 4 is 23.2 Å². The van der Waals surface area contributed by atoms with Crippen LogP contribution in [0.4, 0.5) is 13.2 Å². The summed E-state index contributed by atoms with van der Waals surface area (Å²) >= 11 is 0.316. The summed E-state index contributed by atoms with van der Waals surface area (Å²) < 4.78 is 38.4. The summed E-state index contributed by atoms with van der Waals surface area (Å²) in [6, 6.07) is 7.22. The van der Waals surface area contributed by atoms with E-state index < -0.39 is 34.5 Å². The number of amides is 1. The fraction of sp³-hybridized carbons (Fsp3) is 0.312. The minimum atomic E-state index is -4.68. The van der Waals surface area contributed by atoms with Crippen molar-refractivity contribution in [3.63, 3.8) is 0 Å². The van der Waals surface area contributed by atoms with E-state index in [0.717, 1.165) is 16.6 Å². The van der Waals surface area contributed by atoms with Gasteiger partial charge in [0.15, 0.2) is 5.69 Å². The highest BCUT2D eigenvalue weighted by atomic mass is 32.1. The Morgan fingerprint density at radius 1 is 1.36 bits per heavy atom. The Kier molecular flexibility index (Phi) is 5.78. The van der Waals surface area contributed by atoms with Gasteiger partial charge >= 0.3 is 12.1 Å². The number of thiazole rings is 1. The molecule has 134 valence electrons. The molecule has 0 aliphatic heterocycles. The third kappa shape index (κ3) is 5.02. The van der Waals surface area contributed by atoms with Crippen LogP contribution < -0.4 is 5.32 Å². The van der Waals surface area contributed by atoms with Crippen molar-refractivity contribution < 1.29 is 27.9 Å². The number of hydrogen-bond donors (Lipinski definition) is 2. The number of carbonyl (C=O) groups is 2. The summed E-state index contributed by atoms with van der Waals surface area (Å²) in [7, 11) is 0. The van der Waals surface area contributed by atoms with Crippen LogP contribution in [0.1, 0.15) is 26.5 Å². The number of halogens is 3. The topological polar surface area (TPSA) is 79.3 Å². The normalized spacial score (nSPS) is 12.6. The highest BCUT2D eigenvalue weighted by Crippen LogP contribution is 2.34. The summed E-state index contributed by atoms with van der Waals surface area (Å²) in [5, 5.41) is 11.5. The zero-order valence-corrected chi connectivity index (χ0v) is 13.9. The molecule has 2 aromatic rings. The van der Waals surface area contributed by atoms with Crippen molar-refractivity contribution in [3.8, 4) is 0 Å². The molecule has 0 bridgehead atoms. The molecule has 5 nitrogen and oxygen atoms in total. The molecule has 1 heterocycles. The van der Waals surface area contributed by atoms with Crippen molar-refractivity contribution in [2.45, 2.75) is 19.5 Å². The van der Waals surface area contributed by atoms with Crippen LogP contribution in [0, 0.1) is 12.8 Å². The van der Waals surface area contributed by atoms with E-state index in [2.05, 4.69) is 10.3 Å². The Bertz CT molecular complexity index is 774. The number of alkyl halides is 3. The summed E-state index contributed by atoms with van der Waals surface area (Å²) in [6.07, 6.45) is -4.53. The van der Waals surface area contributed by atoms with Crippen LogP contribution in [0.15, 0.2) is 29.8 Å². The predicted octanol–water partition coefficient (Wildman–Crippen LogP) is 3.14. The molecule has 0 fully saturated rings. The van der Waals surface area contributed by atoms with E-state index in [1.807, 2.05) is 19.1 Å². The van der Waals surface area contributed by atoms with E-state index in [0.29, 0.717) is 11.3 Å². The summed E-state index contributed by atoms with van der Waals surface area (Å²) in [5.41, 5.74) is 1.92. The van der Waals surface area contributed by atoms with E-state index in [-0.39, 0.29) is 13.0 Å². The molecular formula is C16H15F3N2O3S. The molecule has 1 aromatic carbocycles. The first-order valence-corrected chi connectivity index (χ1v) is 8.13. The Labute approximate surface area is 145 Å². The molecule has 0 aliphatic rings. The van der Waals surface area contributed by atoms with Crippen LogP contribution in [-0.4, -0.2) is 28.5 Å². The van der Waals surface area contributed by atoms with Gasteiger partial charge in [0.05, 0.1) is 11.4 Å². The Morgan fingerprint density at radius 2 is 2.08 bits per heavy atom. The number of carboxylic acids is 1. The molecule has 9 heteroatoms. The van der Waals surface area contributed by atoms with Gasteiger partial charge in [-0.15, -0.1) is 11.3 Å². The van der Waals surface area contributed by atoms with Gasteiger partial charge in [-0.2, -0.15) is 13.2 Å². The van der Waals surface area contributed by atoms with E-state index in [1.165, 1.54) is 0 Å². The van der Waals surface area contributed by atoms with E-state index >= 15 is 0 Å². The summed E-state index contributed by atoms with van der Waals surface area (Å²) in [5.74, 6) is -3.14. The van der Waals surface area contributed by atoms with Crippen molar-refractivity contribution in [2.75, 3.05) is 6.54 Å². The second-order valence-electron chi connectivity index (χ2n) is 5.47. The number of nitrogens with zero attached hydrogens (tertiary/aromatic N) is 1. The second kappa shape index (κ2) is 7.64. The van der Waals surface area contributed by atoms with E-state index in [9.17, 15) is 27.9 Å². The molecule has 0 spiro atoms. The molecule has 1 aromatic heterocycles. The third-order valence-electron chi connectivity index (χ3n) is 3.46. The van der Waals surface area contributed by atoms with E-state index in [4.69, 9.17) is 0 Å². The maximum atomic E-state index is 12.8. The first-order valence-electron chi connectivity index (χ1n) is 7.25. The van der Waals surface area contributed by atoms with Crippen LogP contribution in [0.5, 0.6) is 0 Å². The zero-order valence-electron chi connectivity index (χ0n) is 13.1. The summed E-state index contributed by atoms with van der Waals surface area (Å²) in [6.45, 7) is 1.57. The quantitative estimate of drug-likeness (QED) is 0.817. The molecule has 1 unspecified atom stereocenters. The van der Waals surface area contributed by atoms with Gasteiger partial charge < -0.3 is 10.4 Å². The minimum Gasteiger partial charge on any atom is -0.481 e. The highest BCUT2D eigenvalue weighted by Gasteiger charge is 2.38. The SMILES string of the molecule is Cc1cccc(CC(CNC(=O)c2ncsc2C(F)(F)F)C(=O)O)c1. The van der Waals surface area contributed by atoms with Crippen molar-refractivity contribution in [2.24, 2.45) is 5.92 Å². The first-order chi connectivity index (χ1) is 11.7. The number of rotatable bonds is 6. The van der Waals surface area contributed by atoms with Gasteiger partial charge in [0.25, 0.3) is 5.91 Å². The predicted molar refractivity (Wildman–Crippen MR) is 85.5 cm³/mol. The molecule has 1 amide bonds. The lowest BCUT2D eigenvalue weighted by Gasteiger charge is -2.14. The zero-order chi connectivity index (χ0) is 18.6. The number of nitrogens with one attached hydrogen (secondary N) is 1. The molecule has 25 heavy (non-hydrogen) atoms. The van der Waals surface area contributed by atoms with Gasteiger partial charge in [-0.3, -0.25) is 9.59 Å². The maximum Gasteiger partial charge on any atom is 0.427 e. The molecule has 2 rings (SSSR count). The van der Waals surface area contributed by atoms with Gasteiger partial charge in [0, 0.05) is 6.54 Å². The molecule has 0 saturated carbocycles. The molecular weight excluding hydrogens is 357 g/mol. The number of benzene rings is 1.